The number of anilines is 1. The number of aryl methyl sites for hydroxylation is 1. The molecular weight excluding hydrogens is 255 g/mol. The van der Waals surface area contributed by atoms with Gasteiger partial charge in [0.25, 0.3) is 0 Å². The second-order valence-corrected chi connectivity index (χ2v) is 4.45. The van der Waals surface area contributed by atoms with E-state index in [0.717, 1.165) is 16.8 Å². The maximum absolute atomic E-state index is 13.0. The summed E-state index contributed by atoms with van der Waals surface area (Å²) in [6, 6.07) is 12.0. The van der Waals surface area contributed by atoms with Gasteiger partial charge in [-0.05, 0) is 42.3 Å². The van der Waals surface area contributed by atoms with E-state index in [9.17, 15) is 4.39 Å². The number of rotatable bonds is 4. The van der Waals surface area contributed by atoms with E-state index in [1.54, 1.807) is 31.4 Å². The van der Waals surface area contributed by atoms with Crippen LogP contribution in [0, 0.1) is 24.1 Å². The molecule has 0 atom stereocenters. The molecule has 0 aromatic heterocycles. The van der Waals surface area contributed by atoms with Crippen LogP contribution in [0.2, 0.25) is 0 Å². The monoisotopic (exact) mass is 270 g/mol. The Balaban J connectivity index is 2.16. The quantitative estimate of drug-likeness (QED) is 0.922. The molecule has 0 saturated carbocycles. The lowest BCUT2D eigenvalue weighted by molar-refractivity contribution is 0.416. The third-order valence-corrected chi connectivity index (χ3v) is 3.10. The Kier molecular flexibility index (Phi) is 4.21. The molecule has 0 aliphatic heterocycles. The van der Waals surface area contributed by atoms with Gasteiger partial charge in [-0.3, -0.25) is 0 Å². The molecule has 0 aliphatic rings. The number of halogens is 1. The van der Waals surface area contributed by atoms with Gasteiger partial charge in [0, 0.05) is 12.6 Å². The molecule has 2 rings (SSSR count). The van der Waals surface area contributed by atoms with Gasteiger partial charge in [-0.1, -0.05) is 6.07 Å². The fraction of sp³-hybridized carbons (Fsp3) is 0.188. The summed E-state index contributed by atoms with van der Waals surface area (Å²) in [7, 11) is 1.56. The van der Waals surface area contributed by atoms with Gasteiger partial charge in [0.15, 0.2) is 0 Å². The van der Waals surface area contributed by atoms with Crippen LogP contribution in [0.15, 0.2) is 36.4 Å². The molecule has 0 unspecified atom stereocenters. The molecule has 0 fully saturated rings. The first-order valence-electron chi connectivity index (χ1n) is 6.21. The second kappa shape index (κ2) is 6.07. The summed E-state index contributed by atoms with van der Waals surface area (Å²) < 4.78 is 18.3. The van der Waals surface area contributed by atoms with Crippen molar-refractivity contribution in [3.63, 3.8) is 0 Å². The van der Waals surface area contributed by atoms with Crippen molar-refractivity contribution < 1.29 is 9.13 Å². The predicted octanol–water partition coefficient (Wildman–Crippen LogP) is 3.63. The third-order valence-electron chi connectivity index (χ3n) is 3.10. The van der Waals surface area contributed by atoms with Gasteiger partial charge < -0.3 is 10.1 Å². The van der Waals surface area contributed by atoms with Crippen LogP contribution in [-0.2, 0) is 6.54 Å². The number of ether oxygens (including phenoxy) is 1. The minimum absolute atomic E-state index is 0.234. The van der Waals surface area contributed by atoms with Crippen LogP contribution in [0.5, 0.6) is 5.75 Å². The first-order chi connectivity index (χ1) is 9.63. The third kappa shape index (κ3) is 3.07. The van der Waals surface area contributed by atoms with Crippen LogP contribution in [0.4, 0.5) is 10.1 Å². The topological polar surface area (TPSA) is 45.0 Å². The molecule has 2 aromatic carbocycles. The molecule has 20 heavy (non-hydrogen) atoms. The van der Waals surface area contributed by atoms with E-state index in [1.165, 1.54) is 12.1 Å². The fourth-order valence-corrected chi connectivity index (χ4v) is 1.95. The van der Waals surface area contributed by atoms with E-state index < -0.39 is 0 Å². The Morgan fingerprint density at radius 3 is 2.70 bits per heavy atom. The highest BCUT2D eigenvalue weighted by molar-refractivity contribution is 5.59. The van der Waals surface area contributed by atoms with Crippen molar-refractivity contribution in [2.75, 3.05) is 12.4 Å². The summed E-state index contributed by atoms with van der Waals surface area (Å²) in [5.74, 6) is 0.381. The van der Waals surface area contributed by atoms with Gasteiger partial charge in [0.2, 0.25) is 0 Å². The summed E-state index contributed by atoms with van der Waals surface area (Å²) in [6.07, 6.45) is 0. The Labute approximate surface area is 117 Å². The maximum atomic E-state index is 13.0. The van der Waals surface area contributed by atoms with Gasteiger partial charge >= 0.3 is 0 Å². The molecule has 0 amide bonds. The van der Waals surface area contributed by atoms with E-state index >= 15 is 0 Å². The van der Waals surface area contributed by atoms with Crippen LogP contribution in [-0.4, -0.2) is 7.11 Å². The number of hydrogen-bond donors (Lipinski definition) is 1. The zero-order valence-electron chi connectivity index (χ0n) is 11.4. The lowest BCUT2D eigenvalue weighted by Gasteiger charge is -2.12. The van der Waals surface area contributed by atoms with Crippen LogP contribution >= 0.6 is 0 Å². The molecule has 1 N–H and O–H groups in total. The molecule has 0 heterocycles. The summed E-state index contributed by atoms with van der Waals surface area (Å²) in [5.41, 5.74) is 3.25. The van der Waals surface area contributed by atoms with Gasteiger partial charge in [0.1, 0.15) is 11.6 Å². The van der Waals surface area contributed by atoms with Crippen LogP contribution < -0.4 is 10.1 Å². The van der Waals surface area contributed by atoms with Crippen molar-refractivity contribution in [1.29, 1.82) is 5.26 Å². The van der Waals surface area contributed by atoms with Crippen LogP contribution in [0.25, 0.3) is 0 Å². The van der Waals surface area contributed by atoms with Gasteiger partial charge in [-0.2, -0.15) is 5.26 Å². The molecule has 0 spiro atoms. The minimum atomic E-state index is -0.234. The maximum Gasteiger partial charge on any atom is 0.143 e. The molecule has 102 valence electrons. The molecular formula is C16H15FN2O. The number of hydrogen-bond acceptors (Lipinski definition) is 3. The van der Waals surface area contributed by atoms with Gasteiger partial charge in [-0.25, -0.2) is 4.39 Å². The Bertz CT molecular complexity index is 662. The number of methoxy groups -OCH3 is 1. The Morgan fingerprint density at radius 1 is 1.25 bits per heavy atom. The van der Waals surface area contributed by atoms with E-state index in [0.29, 0.717) is 17.9 Å². The van der Waals surface area contributed by atoms with E-state index in [-0.39, 0.29) is 5.82 Å². The van der Waals surface area contributed by atoms with Crippen molar-refractivity contribution in [2.24, 2.45) is 0 Å². The van der Waals surface area contributed by atoms with Crippen molar-refractivity contribution >= 4 is 5.69 Å². The molecule has 0 aliphatic carbocycles. The molecule has 0 saturated heterocycles. The van der Waals surface area contributed by atoms with E-state index in [2.05, 4.69) is 11.4 Å². The zero-order valence-corrected chi connectivity index (χ0v) is 11.4. The molecule has 3 nitrogen and oxygen atoms in total. The lowest BCUT2D eigenvalue weighted by Crippen LogP contribution is -2.03. The summed E-state index contributed by atoms with van der Waals surface area (Å²) >= 11 is 0. The molecule has 0 bridgehead atoms. The standard InChI is InChI=1S/C16H15FN2O/c1-11-7-14(17)5-4-13(11)10-19-15-6-3-12(9-18)8-16(15)20-2/h3-8,19H,10H2,1-2H3. The van der Waals surface area contributed by atoms with Gasteiger partial charge in [-0.15, -0.1) is 0 Å². The van der Waals surface area contributed by atoms with Crippen molar-refractivity contribution in [3.8, 4) is 11.8 Å². The number of benzene rings is 2. The highest BCUT2D eigenvalue weighted by atomic mass is 19.1. The Morgan fingerprint density at radius 2 is 2.05 bits per heavy atom. The van der Waals surface area contributed by atoms with Crippen molar-refractivity contribution in [3.05, 3.63) is 58.9 Å². The zero-order chi connectivity index (χ0) is 14.5. The number of nitriles is 1. The summed E-state index contributed by atoms with van der Waals surface area (Å²) in [5, 5.41) is 12.1. The normalized spacial score (nSPS) is 9.90. The smallest absolute Gasteiger partial charge is 0.143 e. The van der Waals surface area contributed by atoms with E-state index in [4.69, 9.17) is 10.00 Å². The van der Waals surface area contributed by atoms with Gasteiger partial charge in [0.05, 0.1) is 24.4 Å². The minimum Gasteiger partial charge on any atom is -0.495 e. The predicted molar refractivity (Wildman–Crippen MR) is 76.2 cm³/mol. The summed E-state index contributed by atoms with van der Waals surface area (Å²) in [6.45, 7) is 2.43. The molecule has 2 aromatic rings. The van der Waals surface area contributed by atoms with E-state index in [1.807, 2.05) is 6.92 Å². The largest absolute Gasteiger partial charge is 0.495 e. The van der Waals surface area contributed by atoms with Crippen LogP contribution in [0.1, 0.15) is 16.7 Å². The highest BCUT2D eigenvalue weighted by Gasteiger charge is 2.05. The SMILES string of the molecule is COc1cc(C#N)ccc1NCc1ccc(F)cc1C. The van der Waals surface area contributed by atoms with Crippen molar-refractivity contribution in [1.82, 2.24) is 0 Å². The Hall–Kier alpha value is -2.54. The number of nitrogens with one attached hydrogen (secondary N) is 1. The molecule has 0 radical (unpaired) electrons. The number of nitrogens with zero attached hydrogens (tertiary/aromatic N) is 1. The highest BCUT2D eigenvalue weighted by Crippen LogP contribution is 2.26. The lowest BCUT2D eigenvalue weighted by atomic mass is 10.1. The first-order valence-corrected chi connectivity index (χ1v) is 6.21. The fourth-order valence-electron chi connectivity index (χ4n) is 1.95. The summed E-state index contributed by atoms with van der Waals surface area (Å²) in [4.78, 5) is 0. The average Bonchev–Trinajstić information content (AvgIpc) is 2.46. The van der Waals surface area contributed by atoms with Crippen molar-refractivity contribution in [2.45, 2.75) is 13.5 Å². The molecule has 4 heteroatoms. The first kappa shape index (κ1) is 13.9. The van der Waals surface area contributed by atoms with Crippen LogP contribution in [0.3, 0.4) is 0 Å². The average molecular weight is 270 g/mol. The second-order valence-electron chi connectivity index (χ2n) is 4.45.